The molecule has 2 N–H and O–H groups in total. The third-order valence-corrected chi connectivity index (χ3v) is 0.539. The van der Waals surface area contributed by atoms with Gasteiger partial charge in [-0.15, -0.1) is 0 Å². The van der Waals surface area contributed by atoms with Gasteiger partial charge in [-0.1, -0.05) is 0 Å². The Morgan fingerprint density at radius 3 is 2.12 bits per heavy atom. The van der Waals surface area contributed by atoms with Crippen molar-refractivity contribution in [1.82, 2.24) is 0 Å². The minimum absolute atomic E-state index is 0.836. The zero-order valence-electron chi connectivity index (χ0n) is 4.55. The molecular weight excluding hydrogens is 104 g/mol. The first-order valence-electron chi connectivity index (χ1n) is 1.93. The summed E-state index contributed by atoms with van der Waals surface area (Å²) >= 11 is 0. The van der Waals surface area contributed by atoms with Crippen molar-refractivity contribution in [2.75, 3.05) is 7.11 Å². The second-order valence-electron chi connectivity index (χ2n) is 1.42. The van der Waals surface area contributed by atoms with E-state index in [4.69, 9.17) is 21.4 Å². The van der Waals surface area contributed by atoms with E-state index in [0.717, 1.165) is 7.11 Å². The Labute approximate surface area is 50.4 Å². The van der Waals surface area contributed by atoms with E-state index in [1.54, 1.807) is 0 Å². The van der Waals surface area contributed by atoms with Gasteiger partial charge in [-0.25, -0.2) is 0 Å². The van der Waals surface area contributed by atoms with Crippen molar-refractivity contribution in [3.8, 4) is 0 Å². The van der Waals surface area contributed by atoms with Crippen LogP contribution in [-0.4, -0.2) is 34.1 Å². The lowest BCUT2D eigenvalue weighted by Crippen LogP contribution is -2.49. The van der Waals surface area contributed by atoms with E-state index in [9.17, 15) is 4.79 Å². The molecule has 0 aliphatic heterocycles. The molecule has 0 bridgehead atoms. The normalized spacial score (nSPS) is 10.8. The molecule has 0 aromatic heterocycles. The Morgan fingerprint density at radius 1 is 1.75 bits per heavy atom. The number of methoxy groups -OCH3 is 1. The molecule has 0 aromatic carbocycles. The number of nitrogens with two attached hydrogens (primary N) is 1. The standard InChI is InChI=1S/C3H5B2NO2/c1-8-2(7)3(4,5)6/h6H2,1H3. The smallest absolute Gasteiger partial charge is 0.307 e. The molecule has 0 atom stereocenters. The minimum atomic E-state index is -1.85. The van der Waals surface area contributed by atoms with E-state index >= 15 is 0 Å². The number of hydrogen-bond donors (Lipinski definition) is 1. The fourth-order valence-corrected chi connectivity index (χ4v) is 0.177. The van der Waals surface area contributed by atoms with Crippen molar-refractivity contribution in [2.45, 2.75) is 5.34 Å². The number of ether oxygens (including phenoxy) is 1. The van der Waals surface area contributed by atoms with E-state index in [2.05, 4.69) is 4.74 Å². The van der Waals surface area contributed by atoms with Crippen molar-refractivity contribution in [1.29, 1.82) is 0 Å². The molecule has 0 fully saturated rings. The second kappa shape index (κ2) is 2.22. The molecule has 0 saturated heterocycles. The van der Waals surface area contributed by atoms with E-state index in [0.29, 0.717) is 0 Å². The topological polar surface area (TPSA) is 52.3 Å². The summed E-state index contributed by atoms with van der Waals surface area (Å²) in [4.78, 5) is 10.2. The molecule has 40 valence electrons. The Balaban J connectivity index is 3.82. The molecular formula is C3H5B2NO2. The summed E-state index contributed by atoms with van der Waals surface area (Å²) in [5, 5.41) is -1.85. The zero-order valence-corrected chi connectivity index (χ0v) is 4.55. The molecule has 0 spiro atoms. The summed E-state index contributed by atoms with van der Waals surface area (Å²) in [7, 11) is 10.9. The number of esters is 1. The highest BCUT2D eigenvalue weighted by atomic mass is 16.5. The van der Waals surface area contributed by atoms with Gasteiger partial charge >= 0.3 is 5.97 Å². The van der Waals surface area contributed by atoms with E-state index in [1.165, 1.54) is 0 Å². The Hall–Kier alpha value is -0.440. The van der Waals surface area contributed by atoms with Crippen LogP contribution in [0.25, 0.3) is 0 Å². The largest absolute Gasteiger partial charge is 0.469 e. The first-order chi connectivity index (χ1) is 3.48. The van der Waals surface area contributed by atoms with Crippen LogP contribution in [0.4, 0.5) is 0 Å². The first-order valence-corrected chi connectivity index (χ1v) is 1.93. The van der Waals surface area contributed by atoms with Gasteiger partial charge in [0.15, 0.2) is 0 Å². The minimum Gasteiger partial charge on any atom is -0.469 e. The monoisotopic (exact) mass is 109 g/mol. The van der Waals surface area contributed by atoms with Gasteiger partial charge in [0.1, 0.15) is 0 Å². The van der Waals surface area contributed by atoms with E-state index in [-0.39, 0.29) is 0 Å². The Kier molecular flexibility index (Phi) is 2.10. The number of carbonyl (C=O) groups excluding carboxylic acids is 1. The predicted octanol–water partition coefficient (Wildman–Crippen LogP) is -1.89. The third-order valence-electron chi connectivity index (χ3n) is 0.539. The van der Waals surface area contributed by atoms with Crippen LogP contribution in [0, 0.1) is 0 Å². The van der Waals surface area contributed by atoms with Crippen molar-refractivity contribution < 1.29 is 9.53 Å². The van der Waals surface area contributed by atoms with E-state index < -0.39 is 11.3 Å². The third kappa shape index (κ3) is 2.02. The maximum Gasteiger partial charge on any atom is 0.307 e. The van der Waals surface area contributed by atoms with Gasteiger partial charge in [-0.2, -0.15) is 0 Å². The molecule has 3 nitrogen and oxygen atoms in total. The summed E-state index contributed by atoms with van der Waals surface area (Å²) in [5.74, 6) is -0.836. The Bertz CT molecular complexity index is 97.9. The van der Waals surface area contributed by atoms with Crippen LogP contribution in [-0.2, 0) is 9.53 Å². The van der Waals surface area contributed by atoms with Crippen LogP contribution in [0.1, 0.15) is 0 Å². The maximum absolute atomic E-state index is 10.2. The summed E-state index contributed by atoms with van der Waals surface area (Å²) in [6, 6.07) is 0. The van der Waals surface area contributed by atoms with Crippen molar-refractivity contribution in [3.05, 3.63) is 0 Å². The molecule has 0 amide bonds. The molecule has 5 heteroatoms. The molecule has 0 heterocycles. The van der Waals surface area contributed by atoms with Crippen LogP contribution < -0.4 is 5.73 Å². The lowest BCUT2D eigenvalue weighted by molar-refractivity contribution is -0.141. The zero-order chi connectivity index (χ0) is 6.78. The quantitative estimate of drug-likeness (QED) is 0.316. The fraction of sp³-hybridized carbons (Fsp3) is 0.667. The van der Waals surface area contributed by atoms with Crippen LogP contribution in [0.15, 0.2) is 0 Å². The fourth-order valence-electron chi connectivity index (χ4n) is 0.177. The molecule has 0 aliphatic carbocycles. The van der Waals surface area contributed by atoms with Gasteiger partial charge in [0.25, 0.3) is 0 Å². The summed E-state index contributed by atoms with van der Waals surface area (Å²) in [6.45, 7) is 0. The number of rotatable bonds is 1. The predicted molar refractivity (Wildman–Crippen MR) is 30.4 cm³/mol. The molecule has 0 unspecified atom stereocenters. The maximum atomic E-state index is 10.2. The molecule has 0 aliphatic rings. The highest BCUT2D eigenvalue weighted by molar-refractivity contribution is 6.50. The lowest BCUT2D eigenvalue weighted by Gasteiger charge is -2.14. The van der Waals surface area contributed by atoms with Gasteiger partial charge < -0.3 is 10.5 Å². The average Bonchev–Trinajstić information content (AvgIpc) is 1.62. The summed E-state index contributed by atoms with van der Waals surface area (Å²) in [5.41, 5.74) is 4.87. The van der Waals surface area contributed by atoms with Crippen molar-refractivity contribution in [3.63, 3.8) is 0 Å². The second-order valence-corrected chi connectivity index (χ2v) is 1.42. The number of carbonyl (C=O) groups is 1. The molecule has 0 saturated carbocycles. The van der Waals surface area contributed by atoms with Crippen LogP contribution >= 0.6 is 0 Å². The van der Waals surface area contributed by atoms with Gasteiger partial charge in [0.05, 0.1) is 22.8 Å². The molecule has 0 aromatic rings. The van der Waals surface area contributed by atoms with Crippen molar-refractivity contribution in [2.24, 2.45) is 5.73 Å². The average molecular weight is 109 g/mol. The van der Waals surface area contributed by atoms with Crippen LogP contribution in [0.3, 0.4) is 0 Å². The highest BCUT2D eigenvalue weighted by Gasteiger charge is 2.20. The van der Waals surface area contributed by atoms with Crippen molar-refractivity contribution >= 4 is 21.7 Å². The molecule has 4 radical (unpaired) electrons. The molecule has 8 heavy (non-hydrogen) atoms. The first kappa shape index (κ1) is 7.56. The number of hydrogen-bond acceptors (Lipinski definition) is 3. The van der Waals surface area contributed by atoms with Gasteiger partial charge in [-0.3, -0.25) is 4.79 Å². The van der Waals surface area contributed by atoms with Crippen LogP contribution in [0.5, 0.6) is 0 Å². The van der Waals surface area contributed by atoms with E-state index in [1.807, 2.05) is 0 Å². The Morgan fingerprint density at radius 2 is 2.12 bits per heavy atom. The van der Waals surface area contributed by atoms with Crippen LogP contribution in [0.2, 0.25) is 0 Å². The SMILES string of the molecule is [B]C([B])(N)C(=O)OC. The van der Waals surface area contributed by atoms with Gasteiger partial charge in [0, 0.05) is 5.34 Å². The summed E-state index contributed by atoms with van der Waals surface area (Å²) in [6.07, 6.45) is 0. The highest BCUT2D eigenvalue weighted by Crippen LogP contribution is 1.87. The van der Waals surface area contributed by atoms with Gasteiger partial charge in [-0.05, 0) is 0 Å². The molecule has 0 rings (SSSR count). The van der Waals surface area contributed by atoms with Gasteiger partial charge in [0.2, 0.25) is 0 Å². The lowest BCUT2D eigenvalue weighted by atomic mass is 9.63. The summed E-state index contributed by atoms with van der Waals surface area (Å²) < 4.78 is 4.10.